The van der Waals surface area contributed by atoms with Gasteiger partial charge in [0, 0.05) is 6.42 Å². The number of halogens is 2. The summed E-state index contributed by atoms with van der Waals surface area (Å²) in [5.74, 6) is -0.681. The molecule has 1 aromatic heterocycles. The van der Waals surface area contributed by atoms with Gasteiger partial charge in [-0.05, 0) is 37.7 Å². The molecule has 0 aliphatic carbocycles. The Kier molecular flexibility index (Phi) is 4.57. The maximum atomic E-state index is 13.5. The lowest BCUT2D eigenvalue weighted by molar-refractivity contribution is 0.488. The lowest BCUT2D eigenvalue weighted by Crippen LogP contribution is -2.14. The second-order valence-corrected chi connectivity index (χ2v) is 4.08. The fraction of sp³-hybridized carbons (Fsp3) is 0.385. The van der Waals surface area contributed by atoms with E-state index in [1.54, 1.807) is 0 Å². The van der Waals surface area contributed by atoms with E-state index in [1.807, 2.05) is 6.92 Å². The van der Waals surface area contributed by atoms with E-state index >= 15 is 0 Å². The Balaban J connectivity index is 2.06. The van der Waals surface area contributed by atoms with Crippen molar-refractivity contribution in [2.24, 2.45) is 0 Å². The van der Waals surface area contributed by atoms with Crippen molar-refractivity contribution in [3.63, 3.8) is 0 Å². The van der Waals surface area contributed by atoms with E-state index in [-0.39, 0.29) is 11.5 Å². The fourth-order valence-corrected chi connectivity index (χ4v) is 1.67. The van der Waals surface area contributed by atoms with Crippen LogP contribution >= 0.6 is 0 Å². The molecular weight excluding hydrogens is 252 g/mol. The van der Waals surface area contributed by atoms with E-state index in [0.29, 0.717) is 12.3 Å². The van der Waals surface area contributed by atoms with Crippen LogP contribution in [0.4, 0.5) is 8.78 Å². The van der Waals surface area contributed by atoms with Crippen LogP contribution in [-0.4, -0.2) is 23.3 Å². The molecule has 0 bridgehead atoms. The standard InChI is InChI=1S/C13H15F2N3O/c1-2-16-7-3-4-12-17-18-13(19-12)10-8-9(14)5-6-11(10)15/h5-6,8,16H,2-4,7H2,1H3. The number of aryl methyl sites for hydroxylation is 1. The average Bonchev–Trinajstić information content (AvgIpc) is 2.86. The van der Waals surface area contributed by atoms with E-state index in [9.17, 15) is 8.78 Å². The highest BCUT2D eigenvalue weighted by Crippen LogP contribution is 2.22. The second kappa shape index (κ2) is 6.38. The number of nitrogens with zero attached hydrogens (tertiary/aromatic N) is 2. The molecule has 2 aromatic rings. The molecule has 4 nitrogen and oxygen atoms in total. The molecule has 0 saturated carbocycles. The minimum atomic E-state index is -0.579. The third-order valence-corrected chi connectivity index (χ3v) is 2.62. The molecule has 2 rings (SSSR count). The summed E-state index contributed by atoms with van der Waals surface area (Å²) < 4.78 is 31.9. The first-order valence-corrected chi connectivity index (χ1v) is 6.19. The smallest absolute Gasteiger partial charge is 0.250 e. The van der Waals surface area contributed by atoms with Crippen molar-refractivity contribution in [2.45, 2.75) is 19.8 Å². The highest BCUT2D eigenvalue weighted by Gasteiger charge is 2.13. The van der Waals surface area contributed by atoms with Crippen LogP contribution in [0.2, 0.25) is 0 Å². The molecule has 1 aromatic carbocycles. The number of nitrogens with one attached hydrogen (secondary N) is 1. The first-order chi connectivity index (χ1) is 9.20. The first kappa shape index (κ1) is 13.6. The lowest BCUT2D eigenvalue weighted by Gasteiger charge is -1.98. The van der Waals surface area contributed by atoms with Gasteiger partial charge < -0.3 is 9.73 Å². The summed E-state index contributed by atoms with van der Waals surface area (Å²) >= 11 is 0. The number of rotatable bonds is 6. The van der Waals surface area contributed by atoms with Crippen LogP contribution < -0.4 is 5.32 Å². The average molecular weight is 267 g/mol. The predicted molar refractivity (Wildman–Crippen MR) is 66.5 cm³/mol. The summed E-state index contributed by atoms with van der Waals surface area (Å²) in [5.41, 5.74) is -0.00886. The zero-order valence-corrected chi connectivity index (χ0v) is 10.6. The van der Waals surface area contributed by atoms with Gasteiger partial charge in [0.05, 0.1) is 5.56 Å². The monoisotopic (exact) mass is 267 g/mol. The molecule has 102 valence electrons. The molecule has 1 heterocycles. The normalized spacial score (nSPS) is 10.9. The van der Waals surface area contributed by atoms with Crippen molar-refractivity contribution in [2.75, 3.05) is 13.1 Å². The molecule has 0 radical (unpaired) electrons. The topological polar surface area (TPSA) is 51.0 Å². The van der Waals surface area contributed by atoms with Gasteiger partial charge in [-0.1, -0.05) is 6.92 Å². The predicted octanol–water partition coefficient (Wildman–Crippen LogP) is 2.56. The largest absolute Gasteiger partial charge is 0.421 e. The van der Waals surface area contributed by atoms with E-state index in [2.05, 4.69) is 15.5 Å². The van der Waals surface area contributed by atoms with E-state index in [1.165, 1.54) is 0 Å². The number of hydrogen-bond donors (Lipinski definition) is 1. The van der Waals surface area contributed by atoms with E-state index in [0.717, 1.165) is 37.7 Å². The Morgan fingerprint density at radius 2 is 2.11 bits per heavy atom. The lowest BCUT2D eigenvalue weighted by atomic mass is 10.2. The Morgan fingerprint density at radius 1 is 1.26 bits per heavy atom. The Labute approximate surface area is 109 Å². The molecule has 1 N–H and O–H groups in total. The van der Waals surface area contributed by atoms with Gasteiger partial charge >= 0.3 is 0 Å². The molecule has 19 heavy (non-hydrogen) atoms. The van der Waals surface area contributed by atoms with Crippen molar-refractivity contribution in [1.29, 1.82) is 0 Å². The third kappa shape index (κ3) is 3.57. The van der Waals surface area contributed by atoms with Gasteiger partial charge in [-0.3, -0.25) is 0 Å². The summed E-state index contributed by atoms with van der Waals surface area (Å²) in [6.07, 6.45) is 1.46. The molecule has 0 atom stereocenters. The van der Waals surface area contributed by atoms with Crippen molar-refractivity contribution in [1.82, 2.24) is 15.5 Å². The van der Waals surface area contributed by atoms with Gasteiger partial charge in [-0.25, -0.2) is 8.78 Å². The highest BCUT2D eigenvalue weighted by molar-refractivity contribution is 5.53. The fourth-order valence-electron chi connectivity index (χ4n) is 1.67. The van der Waals surface area contributed by atoms with Gasteiger partial charge in [0.15, 0.2) is 0 Å². The van der Waals surface area contributed by atoms with Gasteiger partial charge in [0.1, 0.15) is 11.6 Å². The van der Waals surface area contributed by atoms with Crippen molar-refractivity contribution >= 4 is 0 Å². The van der Waals surface area contributed by atoms with Crippen LogP contribution in [0.25, 0.3) is 11.5 Å². The first-order valence-electron chi connectivity index (χ1n) is 6.19. The van der Waals surface area contributed by atoms with E-state index < -0.39 is 11.6 Å². The number of benzene rings is 1. The maximum Gasteiger partial charge on any atom is 0.250 e. The van der Waals surface area contributed by atoms with Crippen LogP contribution in [0.5, 0.6) is 0 Å². The number of aromatic nitrogens is 2. The molecule has 0 spiro atoms. The maximum absolute atomic E-state index is 13.5. The summed E-state index contributed by atoms with van der Waals surface area (Å²) in [6.45, 7) is 3.78. The Bertz CT molecular complexity index is 542. The highest BCUT2D eigenvalue weighted by atomic mass is 19.1. The van der Waals surface area contributed by atoms with Crippen LogP contribution in [0.1, 0.15) is 19.2 Å². The van der Waals surface area contributed by atoms with Crippen LogP contribution in [0.15, 0.2) is 22.6 Å². The Morgan fingerprint density at radius 3 is 2.89 bits per heavy atom. The molecule has 0 aliphatic heterocycles. The number of hydrogen-bond acceptors (Lipinski definition) is 4. The molecule has 0 amide bonds. The van der Waals surface area contributed by atoms with Crippen LogP contribution in [-0.2, 0) is 6.42 Å². The van der Waals surface area contributed by atoms with Gasteiger partial charge in [-0.2, -0.15) is 0 Å². The van der Waals surface area contributed by atoms with E-state index in [4.69, 9.17) is 4.42 Å². The van der Waals surface area contributed by atoms with Crippen molar-refractivity contribution in [3.8, 4) is 11.5 Å². The molecular formula is C13H15F2N3O. The molecule has 0 fully saturated rings. The van der Waals surface area contributed by atoms with Gasteiger partial charge in [0.25, 0.3) is 5.89 Å². The summed E-state index contributed by atoms with van der Waals surface area (Å²) in [7, 11) is 0. The molecule has 0 aliphatic rings. The minimum absolute atomic E-state index is 0.00886. The third-order valence-electron chi connectivity index (χ3n) is 2.62. The summed E-state index contributed by atoms with van der Waals surface area (Å²) in [6, 6.07) is 3.14. The molecule has 0 unspecified atom stereocenters. The second-order valence-electron chi connectivity index (χ2n) is 4.08. The summed E-state index contributed by atoms with van der Waals surface area (Å²) in [5, 5.41) is 10.7. The molecule has 0 saturated heterocycles. The SMILES string of the molecule is CCNCCCc1nnc(-c2cc(F)ccc2F)o1. The van der Waals surface area contributed by atoms with Crippen LogP contribution in [0, 0.1) is 11.6 Å². The van der Waals surface area contributed by atoms with Crippen LogP contribution in [0.3, 0.4) is 0 Å². The minimum Gasteiger partial charge on any atom is -0.421 e. The van der Waals surface area contributed by atoms with Gasteiger partial charge in [0.2, 0.25) is 5.89 Å². The Hall–Kier alpha value is -1.82. The quantitative estimate of drug-likeness (QED) is 0.817. The van der Waals surface area contributed by atoms with Gasteiger partial charge in [-0.15, -0.1) is 10.2 Å². The van der Waals surface area contributed by atoms with Crippen molar-refractivity contribution < 1.29 is 13.2 Å². The summed E-state index contributed by atoms with van der Waals surface area (Å²) in [4.78, 5) is 0. The zero-order valence-electron chi connectivity index (χ0n) is 10.6. The zero-order chi connectivity index (χ0) is 13.7. The van der Waals surface area contributed by atoms with Crippen molar-refractivity contribution in [3.05, 3.63) is 35.7 Å². The molecule has 6 heteroatoms.